The maximum Gasteiger partial charge on any atom is 0.320 e. The van der Waals surface area contributed by atoms with E-state index in [0.717, 1.165) is 5.56 Å². The molecule has 0 N–H and O–H groups in total. The third-order valence-electron chi connectivity index (χ3n) is 1.86. The highest BCUT2D eigenvalue weighted by molar-refractivity contribution is 9.06. The molecule has 1 aromatic rings. The van der Waals surface area contributed by atoms with Crippen molar-refractivity contribution >= 4 is 22.2 Å². The molecule has 0 heterocycles. The van der Waals surface area contributed by atoms with Crippen molar-refractivity contribution in [1.82, 2.24) is 0 Å². The first-order chi connectivity index (χ1) is 6.24. The molecule has 1 unspecified atom stereocenters. The van der Waals surface area contributed by atoms with E-state index in [-0.39, 0.29) is 11.9 Å². The molecule has 3 heteroatoms. The molecule has 1 rings (SSSR count). The van der Waals surface area contributed by atoms with Gasteiger partial charge >= 0.3 is 5.97 Å². The van der Waals surface area contributed by atoms with Gasteiger partial charge in [-0.1, -0.05) is 37.3 Å². The van der Waals surface area contributed by atoms with Gasteiger partial charge < -0.3 is 3.83 Å². The summed E-state index contributed by atoms with van der Waals surface area (Å²) in [5.74, 6) is -0.342. The zero-order valence-electron chi connectivity index (χ0n) is 7.37. The van der Waals surface area contributed by atoms with Gasteiger partial charge in [-0.25, -0.2) is 0 Å². The summed E-state index contributed by atoms with van der Waals surface area (Å²) in [5, 5.41) is 0. The lowest BCUT2D eigenvalue weighted by Gasteiger charge is -2.06. The van der Waals surface area contributed by atoms with Gasteiger partial charge in [0.25, 0.3) is 0 Å². The second-order valence-electron chi connectivity index (χ2n) is 2.99. The van der Waals surface area contributed by atoms with Gasteiger partial charge in [0.05, 0.1) is 5.92 Å². The van der Waals surface area contributed by atoms with Crippen LogP contribution in [-0.4, -0.2) is 5.97 Å². The Labute approximate surface area is 86.4 Å². The van der Waals surface area contributed by atoms with Crippen LogP contribution >= 0.6 is 16.3 Å². The third kappa shape index (κ3) is 3.19. The third-order valence-corrected chi connectivity index (χ3v) is 2.18. The highest BCUT2D eigenvalue weighted by Gasteiger charge is 2.13. The number of halogens is 1. The fourth-order valence-corrected chi connectivity index (χ4v) is 1.45. The van der Waals surface area contributed by atoms with Crippen LogP contribution in [-0.2, 0) is 15.0 Å². The highest BCUT2D eigenvalue weighted by Crippen LogP contribution is 2.10. The molecule has 0 bridgehead atoms. The van der Waals surface area contributed by atoms with Crippen LogP contribution in [0.25, 0.3) is 0 Å². The molecule has 0 aliphatic carbocycles. The van der Waals surface area contributed by atoms with Crippen molar-refractivity contribution in [2.24, 2.45) is 5.92 Å². The van der Waals surface area contributed by atoms with Crippen molar-refractivity contribution in [2.75, 3.05) is 0 Å². The van der Waals surface area contributed by atoms with E-state index in [1.165, 1.54) is 0 Å². The Hall–Kier alpha value is -0.830. The Morgan fingerprint density at radius 3 is 2.62 bits per heavy atom. The van der Waals surface area contributed by atoms with Gasteiger partial charge in [-0.2, -0.15) is 0 Å². The Kier molecular flexibility index (Phi) is 3.96. The smallest absolute Gasteiger partial charge is 0.320 e. The number of carbonyl (C=O) groups excluding carboxylic acids is 1. The van der Waals surface area contributed by atoms with Crippen LogP contribution in [0.3, 0.4) is 0 Å². The van der Waals surface area contributed by atoms with Crippen LogP contribution in [0, 0.1) is 5.92 Å². The van der Waals surface area contributed by atoms with E-state index in [2.05, 4.69) is 20.1 Å². The molecule has 2 nitrogen and oxygen atoms in total. The Bertz CT molecular complexity index is 272. The summed E-state index contributed by atoms with van der Waals surface area (Å²) >= 11 is 2.68. The van der Waals surface area contributed by atoms with E-state index < -0.39 is 0 Å². The Balaban J connectivity index is 2.55. The molecule has 0 radical (unpaired) electrons. The van der Waals surface area contributed by atoms with Crippen LogP contribution in [0.1, 0.15) is 12.5 Å². The molecule has 0 aliphatic rings. The first-order valence-electron chi connectivity index (χ1n) is 4.10. The van der Waals surface area contributed by atoms with Crippen LogP contribution in [0.2, 0.25) is 0 Å². The minimum Gasteiger partial charge on any atom is -0.383 e. The number of hydrogen-bond donors (Lipinski definition) is 0. The summed E-state index contributed by atoms with van der Waals surface area (Å²) in [5.41, 5.74) is 1.15. The number of hydrogen-bond acceptors (Lipinski definition) is 2. The van der Waals surface area contributed by atoms with Gasteiger partial charge in [-0.05, 0) is 12.0 Å². The minimum atomic E-state index is -0.233. The van der Waals surface area contributed by atoms with Crippen LogP contribution in [0.4, 0.5) is 0 Å². The summed E-state index contributed by atoms with van der Waals surface area (Å²) in [4.78, 5) is 11.0. The van der Waals surface area contributed by atoms with E-state index in [1.54, 1.807) is 0 Å². The molecule has 13 heavy (non-hydrogen) atoms. The van der Waals surface area contributed by atoms with Gasteiger partial charge in [-0.3, -0.25) is 4.79 Å². The predicted molar refractivity (Wildman–Crippen MR) is 54.3 cm³/mol. The molecule has 0 fully saturated rings. The second kappa shape index (κ2) is 5.02. The first-order valence-corrected chi connectivity index (χ1v) is 4.75. The summed E-state index contributed by atoms with van der Waals surface area (Å²) < 4.78 is 4.46. The van der Waals surface area contributed by atoms with Crippen LogP contribution in [0.15, 0.2) is 30.3 Å². The molecule has 0 aliphatic heterocycles. The average molecular weight is 243 g/mol. The second-order valence-corrected chi connectivity index (χ2v) is 3.31. The Morgan fingerprint density at radius 2 is 2.08 bits per heavy atom. The molecule has 0 aromatic heterocycles. The highest BCUT2D eigenvalue weighted by atomic mass is 79.9. The van der Waals surface area contributed by atoms with Crippen molar-refractivity contribution in [3.8, 4) is 0 Å². The molecule has 0 spiro atoms. The van der Waals surface area contributed by atoms with E-state index in [4.69, 9.17) is 0 Å². The maximum atomic E-state index is 11.0. The lowest BCUT2D eigenvalue weighted by Crippen LogP contribution is -2.12. The van der Waals surface area contributed by atoms with Crippen molar-refractivity contribution in [2.45, 2.75) is 13.3 Å². The summed E-state index contributed by atoms with van der Waals surface area (Å²) in [7, 11) is 0. The van der Waals surface area contributed by atoms with Crippen molar-refractivity contribution in [3.05, 3.63) is 35.9 Å². The predicted octanol–water partition coefficient (Wildman–Crippen LogP) is 2.72. The van der Waals surface area contributed by atoms with Gasteiger partial charge in [0.15, 0.2) is 16.3 Å². The number of benzene rings is 1. The summed E-state index contributed by atoms with van der Waals surface area (Å²) in [6.45, 7) is 1.84. The number of carbonyl (C=O) groups is 1. The molecule has 1 aromatic carbocycles. The fraction of sp³-hybridized carbons (Fsp3) is 0.300. The normalized spacial score (nSPS) is 12.2. The van der Waals surface area contributed by atoms with Crippen molar-refractivity contribution in [1.29, 1.82) is 0 Å². The largest absolute Gasteiger partial charge is 0.383 e. The fourth-order valence-electron chi connectivity index (χ4n) is 1.13. The van der Waals surface area contributed by atoms with E-state index >= 15 is 0 Å². The molecule has 0 saturated heterocycles. The summed E-state index contributed by atoms with van der Waals surface area (Å²) in [6, 6.07) is 9.87. The number of rotatable bonds is 3. The summed E-state index contributed by atoms with van der Waals surface area (Å²) in [6.07, 6.45) is 0.714. The SMILES string of the molecule is CC(Cc1ccccc1)C(=O)OBr. The molecule has 1 atom stereocenters. The first kappa shape index (κ1) is 10.3. The van der Waals surface area contributed by atoms with E-state index in [0.29, 0.717) is 6.42 Å². The standard InChI is InChI=1S/C10H11BrO2/c1-8(10(12)13-11)7-9-5-3-2-4-6-9/h2-6,8H,7H2,1H3. The zero-order chi connectivity index (χ0) is 9.68. The maximum absolute atomic E-state index is 11.0. The quantitative estimate of drug-likeness (QED) is 0.815. The van der Waals surface area contributed by atoms with E-state index in [9.17, 15) is 4.79 Å². The molecule has 0 saturated carbocycles. The lowest BCUT2D eigenvalue weighted by molar-refractivity contribution is -0.136. The van der Waals surface area contributed by atoms with Gasteiger partial charge in [0.1, 0.15) is 0 Å². The molecular weight excluding hydrogens is 232 g/mol. The van der Waals surface area contributed by atoms with Crippen LogP contribution < -0.4 is 0 Å². The van der Waals surface area contributed by atoms with Crippen LogP contribution in [0.5, 0.6) is 0 Å². The van der Waals surface area contributed by atoms with Crippen molar-refractivity contribution in [3.63, 3.8) is 0 Å². The van der Waals surface area contributed by atoms with Gasteiger partial charge in [0, 0.05) is 0 Å². The average Bonchev–Trinajstić information content (AvgIpc) is 2.18. The molecule has 70 valence electrons. The van der Waals surface area contributed by atoms with E-state index in [1.807, 2.05) is 37.3 Å². The monoisotopic (exact) mass is 242 g/mol. The molecule has 0 amide bonds. The minimum absolute atomic E-state index is 0.109. The molecular formula is C10H11BrO2. The zero-order valence-corrected chi connectivity index (χ0v) is 8.95. The van der Waals surface area contributed by atoms with Crippen molar-refractivity contribution < 1.29 is 8.62 Å². The van der Waals surface area contributed by atoms with Gasteiger partial charge in [-0.15, -0.1) is 0 Å². The van der Waals surface area contributed by atoms with Gasteiger partial charge in [0.2, 0.25) is 0 Å². The lowest BCUT2D eigenvalue weighted by atomic mass is 10.0. The Morgan fingerprint density at radius 1 is 1.46 bits per heavy atom. The topological polar surface area (TPSA) is 26.3 Å².